The summed E-state index contributed by atoms with van der Waals surface area (Å²) in [6, 6.07) is 15.5. The standard InChI is InChI=1S/C29H23FN6O2/c1-15(2)29(38)33-20-7-17(12-31-14-20)18-9-24-27(35-36-28(24)32-13-18)26-11-23-22(4-3-5-25(23)34-26)16-6-19(30)10-21(37)8-16/h3-15,34,37H,1-2H3,(H,33,38)(H,32,35,36). The summed E-state index contributed by atoms with van der Waals surface area (Å²) in [5, 5.41) is 21.9. The van der Waals surface area contributed by atoms with Gasteiger partial charge in [0.2, 0.25) is 5.91 Å². The first-order chi connectivity index (χ1) is 18.4. The SMILES string of the molecule is CC(C)C(=O)Nc1cncc(-c2cnc3n[nH]c(-c4cc5c(-c6cc(O)cc(F)c6)cccc5[nH]4)c3c2)c1. The molecule has 2 aromatic carbocycles. The van der Waals surface area contributed by atoms with Gasteiger partial charge >= 0.3 is 0 Å². The van der Waals surface area contributed by atoms with Gasteiger partial charge < -0.3 is 15.4 Å². The molecule has 188 valence electrons. The van der Waals surface area contributed by atoms with Crippen LogP contribution in [0, 0.1) is 11.7 Å². The maximum Gasteiger partial charge on any atom is 0.226 e. The van der Waals surface area contributed by atoms with Crippen LogP contribution < -0.4 is 5.32 Å². The second kappa shape index (κ2) is 9.11. The number of fused-ring (bicyclic) bond motifs is 2. The number of phenols is 1. The van der Waals surface area contributed by atoms with Crippen LogP contribution in [-0.4, -0.2) is 36.2 Å². The number of rotatable bonds is 5. The highest BCUT2D eigenvalue weighted by molar-refractivity contribution is 6.01. The van der Waals surface area contributed by atoms with E-state index in [0.717, 1.165) is 50.4 Å². The zero-order valence-electron chi connectivity index (χ0n) is 20.6. The average Bonchev–Trinajstić information content (AvgIpc) is 3.51. The van der Waals surface area contributed by atoms with E-state index in [-0.39, 0.29) is 17.6 Å². The Labute approximate surface area is 216 Å². The number of amides is 1. The first-order valence-electron chi connectivity index (χ1n) is 12.1. The van der Waals surface area contributed by atoms with E-state index in [9.17, 15) is 14.3 Å². The number of aromatic hydroxyl groups is 1. The predicted octanol–water partition coefficient (Wildman–Crippen LogP) is 6.27. The molecule has 6 aromatic rings. The Morgan fingerprint density at radius 1 is 0.974 bits per heavy atom. The first kappa shape index (κ1) is 23.4. The number of carbonyl (C=O) groups excluding carboxylic acids is 1. The Balaban J connectivity index is 1.42. The summed E-state index contributed by atoms with van der Waals surface area (Å²) in [5.41, 5.74) is 6.53. The van der Waals surface area contributed by atoms with E-state index in [4.69, 9.17) is 0 Å². The van der Waals surface area contributed by atoms with Crippen molar-refractivity contribution in [1.82, 2.24) is 25.1 Å². The first-order valence-corrected chi connectivity index (χ1v) is 12.1. The number of aromatic nitrogens is 5. The van der Waals surface area contributed by atoms with Crippen molar-refractivity contribution in [2.45, 2.75) is 13.8 Å². The second-order valence-corrected chi connectivity index (χ2v) is 9.45. The maximum atomic E-state index is 14.0. The van der Waals surface area contributed by atoms with Gasteiger partial charge in [-0.25, -0.2) is 9.37 Å². The van der Waals surface area contributed by atoms with Crippen molar-refractivity contribution >= 4 is 33.5 Å². The number of phenolic OH excluding ortho intramolecular Hbond substituents is 1. The zero-order valence-corrected chi connectivity index (χ0v) is 20.6. The Morgan fingerprint density at radius 2 is 1.82 bits per heavy atom. The molecule has 0 atom stereocenters. The van der Waals surface area contributed by atoms with E-state index < -0.39 is 5.82 Å². The van der Waals surface area contributed by atoms with Crippen LogP contribution in [0.5, 0.6) is 5.75 Å². The summed E-state index contributed by atoms with van der Waals surface area (Å²) in [5.74, 6) is -0.864. The summed E-state index contributed by atoms with van der Waals surface area (Å²) >= 11 is 0. The van der Waals surface area contributed by atoms with Crippen molar-refractivity contribution < 1.29 is 14.3 Å². The minimum atomic E-state index is -0.506. The summed E-state index contributed by atoms with van der Waals surface area (Å²) in [6.45, 7) is 3.67. The number of hydrogen-bond donors (Lipinski definition) is 4. The summed E-state index contributed by atoms with van der Waals surface area (Å²) in [4.78, 5) is 24.3. The highest BCUT2D eigenvalue weighted by Crippen LogP contribution is 2.36. The summed E-state index contributed by atoms with van der Waals surface area (Å²) < 4.78 is 14.0. The number of carbonyl (C=O) groups is 1. The van der Waals surface area contributed by atoms with Gasteiger partial charge in [-0.05, 0) is 47.5 Å². The summed E-state index contributed by atoms with van der Waals surface area (Å²) in [6.07, 6.45) is 5.05. The predicted molar refractivity (Wildman–Crippen MR) is 145 cm³/mol. The number of hydrogen-bond acceptors (Lipinski definition) is 5. The molecule has 0 fully saturated rings. The zero-order chi connectivity index (χ0) is 26.4. The fourth-order valence-electron chi connectivity index (χ4n) is 4.49. The fraction of sp³-hybridized carbons (Fsp3) is 0.103. The molecule has 9 heteroatoms. The largest absolute Gasteiger partial charge is 0.508 e. The monoisotopic (exact) mass is 506 g/mol. The van der Waals surface area contributed by atoms with Gasteiger partial charge in [0, 0.05) is 51.8 Å². The molecule has 8 nitrogen and oxygen atoms in total. The van der Waals surface area contributed by atoms with Crippen LogP contribution in [0.25, 0.3) is 55.6 Å². The van der Waals surface area contributed by atoms with Gasteiger partial charge in [0.1, 0.15) is 11.6 Å². The lowest BCUT2D eigenvalue weighted by molar-refractivity contribution is -0.118. The molecule has 0 saturated carbocycles. The lowest BCUT2D eigenvalue weighted by atomic mass is 10.0. The Kier molecular flexibility index (Phi) is 5.60. The van der Waals surface area contributed by atoms with E-state index in [1.54, 1.807) is 18.6 Å². The van der Waals surface area contributed by atoms with Gasteiger partial charge in [-0.1, -0.05) is 26.0 Å². The number of halogens is 1. The molecular weight excluding hydrogens is 483 g/mol. The van der Waals surface area contributed by atoms with Crippen LogP contribution in [0.3, 0.4) is 0 Å². The van der Waals surface area contributed by atoms with Crippen LogP contribution >= 0.6 is 0 Å². The normalized spacial score (nSPS) is 11.5. The van der Waals surface area contributed by atoms with Crippen molar-refractivity contribution in [2.24, 2.45) is 5.92 Å². The van der Waals surface area contributed by atoms with Crippen molar-refractivity contribution in [2.75, 3.05) is 5.32 Å². The second-order valence-electron chi connectivity index (χ2n) is 9.45. The van der Waals surface area contributed by atoms with E-state index in [2.05, 4.69) is 30.5 Å². The fourth-order valence-corrected chi connectivity index (χ4v) is 4.49. The quantitative estimate of drug-likeness (QED) is 0.220. The highest BCUT2D eigenvalue weighted by Gasteiger charge is 2.16. The van der Waals surface area contributed by atoms with Gasteiger partial charge in [0.05, 0.1) is 23.3 Å². The van der Waals surface area contributed by atoms with Crippen molar-refractivity contribution in [3.05, 3.63) is 79.0 Å². The maximum absolute atomic E-state index is 14.0. The van der Waals surface area contributed by atoms with E-state index in [1.165, 1.54) is 12.1 Å². The number of nitrogens with zero attached hydrogens (tertiary/aromatic N) is 3. The minimum Gasteiger partial charge on any atom is -0.508 e. The number of aromatic amines is 2. The molecule has 0 aliphatic heterocycles. The van der Waals surface area contributed by atoms with E-state index in [0.29, 0.717) is 16.9 Å². The molecule has 0 spiro atoms. The van der Waals surface area contributed by atoms with E-state index in [1.807, 2.05) is 50.2 Å². The van der Waals surface area contributed by atoms with Gasteiger partial charge in [-0.3, -0.25) is 14.9 Å². The van der Waals surface area contributed by atoms with Gasteiger partial charge in [0.15, 0.2) is 5.65 Å². The van der Waals surface area contributed by atoms with Crippen molar-refractivity contribution in [1.29, 1.82) is 0 Å². The average molecular weight is 507 g/mol. The van der Waals surface area contributed by atoms with Gasteiger partial charge in [0.25, 0.3) is 0 Å². The number of H-pyrrole nitrogens is 2. The Hall–Kier alpha value is -5.05. The van der Waals surface area contributed by atoms with Crippen molar-refractivity contribution in [3.63, 3.8) is 0 Å². The molecule has 6 rings (SSSR count). The topological polar surface area (TPSA) is 120 Å². The van der Waals surface area contributed by atoms with Crippen LogP contribution in [0.4, 0.5) is 10.1 Å². The number of anilines is 1. The Morgan fingerprint density at radius 3 is 2.63 bits per heavy atom. The van der Waals surface area contributed by atoms with Crippen LogP contribution in [-0.2, 0) is 4.79 Å². The Bertz CT molecular complexity index is 1820. The molecule has 4 heterocycles. The molecule has 0 unspecified atom stereocenters. The highest BCUT2D eigenvalue weighted by atomic mass is 19.1. The molecule has 0 saturated heterocycles. The van der Waals surface area contributed by atoms with Crippen LogP contribution in [0.15, 0.2) is 73.2 Å². The smallest absolute Gasteiger partial charge is 0.226 e. The van der Waals surface area contributed by atoms with Gasteiger partial charge in [-0.2, -0.15) is 5.10 Å². The minimum absolute atomic E-state index is 0.0821. The molecule has 0 aliphatic carbocycles. The lowest BCUT2D eigenvalue weighted by Crippen LogP contribution is -2.17. The lowest BCUT2D eigenvalue weighted by Gasteiger charge is -2.09. The molecule has 4 N–H and O–H groups in total. The molecular formula is C29H23FN6O2. The van der Waals surface area contributed by atoms with Gasteiger partial charge in [-0.15, -0.1) is 0 Å². The molecule has 38 heavy (non-hydrogen) atoms. The van der Waals surface area contributed by atoms with Crippen LogP contribution in [0.2, 0.25) is 0 Å². The molecule has 0 radical (unpaired) electrons. The number of pyridine rings is 2. The third-order valence-electron chi connectivity index (χ3n) is 6.40. The molecule has 1 amide bonds. The molecule has 4 aromatic heterocycles. The summed E-state index contributed by atoms with van der Waals surface area (Å²) in [7, 11) is 0. The van der Waals surface area contributed by atoms with Crippen molar-refractivity contribution in [3.8, 4) is 39.4 Å². The molecule has 0 bridgehead atoms. The molecule has 0 aliphatic rings. The number of benzene rings is 2. The third-order valence-corrected chi connectivity index (χ3v) is 6.40. The number of nitrogens with one attached hydrogen (secondary N) is 3. The van der Waals surface area contributed by atoms with E-state index >= 15 is 0 Å². The van der Waals surface area contributed by atoms with Crippen LogP contribution in [0.1, 0.15) is 13.8 Å². The third kappa shape index (κ3) is 4.24.